The maximum Gasteiger partial charge on any atom is 0.232 e. The summed E-state index contributed by atoms with van der Waals surface area (Å²) in [5.41, 5.74) is 5.65. The van der Waals surface area contributed by atoms with E-state index in [0.29, 0.717) is 34.8 Å². The number of anilines is 3. The fourth-order valence-electron chi connectivity index (χ4n) is 5.14. The number of aryl methyl sites for hydroxylation is 1. The van der Waals surface area contributed by atoms with Gasteiger partial charge in [-0.2, -0.15) is 15.1 Å². The first-order valence-corrected chi connectivity index (χ1v) is 13.3. The van der Waals surface area contributed by atoms with Crippen LogP contribution < -0.4 is 19.8 Å². The maximum absolute atomic E-state index is 6.52. The van der Waals surface area contributed by atoms with Crippen molar-refractivity contribution in [2.24, 2.45) is 5.10 Å². The van der Waals surface area contributed by atoms with E-state index < -0.39 is 0 Å². The van der Waals surface area contributed by atoms with Gasteiger partial charge in [-0.15, -0.1) is 0 Å². The molecule has 0 aliphatic heterocycles. The van der Waals surface area contributed by atoms with E-state index in [-0.39, 0.29) is 6.10 Å². The number of nitrogens with zero attached hydrogens (tertiary/aromatic N) is 5. The van der Waals surface area contributed by atoms with Gasteiger partial charge in [-0.3, -0.25) is 0 Å². The number of fused-ring (bicyclic) bond motifs is 2. The molecule has 10 nitrogen and oxygen atoms in total. The van der Waals surface area contributed by atoms with Crippen molar-refractivity contribution in [1.29, 1.82) is 0 Å². The average molecular weight is 538 g/mol. The van der Waals surface area contributed by atoms with Gasteiger partial charge in [0.05, 0.1) is 23.9 Å². The molecule has 0 atom stereocenters. The number of hydrazone groups is 1. The number of H-pyrrole nitrogens is 1. The SMILES string of the molecule is C=NN(/C=C\C)c1ccc(Nc2nc(OC3CCCC3)c3c(-c4ccc5nc(C)oc5c4)c[nH]c3n2)c(OC)c1. The first-order chi connectivity index (χ1) is 19.6. The van der Waals surface area contributed by atoms with E-state index in [1.165, 1.54) is 0 Å². The van der Waals surface area contributed by atoms with Crippen molar-refractivity contribution in [2.75, 3.05) is 17.4 Å². The number of nitrogens with one attached hydrogen (secondary N) is 2. The predicted molar refractivity (Wildman–Crippen MR) is 158 cm³/mol. The standard InChI is InChI=1S/C30H31N7O3/c1-5-14-37(31-3)20-11-13-23(25(16-20)38-4)34-30-35-28-27(29(36-30)40-21-8-6-7-9-21)22(17-32-28)19-10-12-24-26(15-19)39-18(2)33-24/h5,10-17,21H,3,6-9H2,1-2,4H3,(H2,32,34,35,36)/b14-5-. The lowest BCUT2D eigenvalue weighted by Gasteiger charge is -2.18. The average Bonchev–Trinajstić information content (AvgIpc) is 3.71. The lowest BCUT2D eigenvalue weighted by molar-refractivity contribution is 0.204. The summed E-state index contributed by atoms with van der Waals surface area (Å²) >= 11 is 0. The third-order valence-corrected chi connectivity index (χ3v) is 7.02. The minimum Gasteiger partial charge on any atom is -0.494 e. The van der Waals surface area contributed by atoms with Gasteiger partial charge in [-0.25, -0.2) is 9.99 Å². The first kappa shape index (κ1) is 25.4. The molecule has 1 saturated carbocycles. The molecule has 6 rings (SSSR count). The molecule has 3 heterocycles. The second kappa shape index (κ2) is 10.7. The van der Waals surface area contributed by atoms with E-state index in [0.717, 1.165) is 59.0 Å². The van der Waals surface area contributed by atoms with Crippen LogP contribution >= 0.6 is 0 Å². The number of methoxy groups -OCH3 is 1. The summed E-state index contributed by atoms with van der Waals surface area (Å²) in [7, 11) is 1.62. The van der Waals surface area contributed by atoms with Gasteiger partial charge >= 0.3 is 0 Å². The molecule has 5 aromatic rings. The van der Waals surface area contributed by atoms with Crippen LogP contribution in [0.25, 0.3) is 33.3 Å². The molecule has 1 fully saturated rings. The number of hydrogen-bond donors (Lipinski definition) is 2. The molecule has 0 amide bonds. The van der Waals surface area contributed by atoms with E-state index in [9.17, 15) is 0 Å². The van der Waals surface area contributed by atoms with Gasteiger partial charge in [-0.1, -0.05) is 12.1 Å². The zero-order chi connectivity index (χ0) is 27.6. The first-order valence-electron chi connectivity index (χ1n) is 13.3. The summed E-state index contributed by atoms with van der Waals surface area (Å²) < 4.78 is 18.0. The number of aromatic nitrogens is 4. The normalized spacial score (nSPS) is 13.9. The van der Waals surface area contributed by atoms with E-state index in [2.05, 4.69) is 27.1 Å². The summed E-state index contributed by atoms with van der Waals surface area (Å²) in [6.07, 6.45) is 10.1. The largest absolute Gasteiger partial charge is 0.494 e. The van der Waals surface area contributed by atoms with Crippen LogP contribution in [0.5, 0.6) is 11.6 Å². The summed E-state index contributed by atoms with van der Waals surface area (Å²) in [5.74, 6) is 2.18. The number of benzene rings is 2. The molecular weight excluding hydrogens is 506 g/mol. The van der Waals surface area contributed by atoms with Crippen LogP contribution in [0.4, 0.5) is 17.3 Å². The number of aromatic amines is 1. The van der Waals surface area contributed by atoms with Crippen LogP contribution in [0.3, 0.4) is 0 Å². The molecule has 204 valence electrons. The second-order valence-corrected chi connectivity index (χ2v) is 9.70. The molecule has 1 aliphatic carbocycles. The second-order valence-electron chi connectivity index (χ2n) is 9.70. The molecule has 3 aromatic heterocycles. The number of ether oxygens (including phenoxy) is 2. The monoisotopic (exact) mass is 537 g/mol. The van der Waals surface area contributed by atoms with Crippen molar-refractivity contribution in [2.45, 2.75) is 45.6 Å². The van der Waals surface area contributed by atoms with Gasteiger partial charge in [0.1, 0.15) is 23.0 Å². The Hall–Kier alpha value is -4.86. The topological polar surface area (TPSA) is 114 Å². The number of rotatable bonds is 9. The lowest BCUT2D eigenvalue weighted by atomic mass is 10.1. The summed E-state index contributed by atoms with van der Waals surface area (Å²) in [6.45, 7) is 7.41. The van der Waals surface area contributed by atoms with Crippen molar-refractivity contribution in [1.82, 2.24) is 19.9 Å². The van der Waals surface area contributed by atoms with Crippen molar-refractivity contribution in [3.63, 3.8) is 0 Å². The molecule has 10 heteroatoms. The fourth-order valence-corrected chi connectivity index (χ4v) is 5.14. The van der Waals surface area contributed by atoms with Crippen molar-refractivity contribution in [3.05, 3.63) is 60.8 Å². The number of hydrogen-bond acceptors (Lipinski definition) is 9. The van der Waals surface area contributed by atoms with Crippen LogP contribution in [-0.4, -0.2) is 39.9 Å². The number of allylic oxidation sites excluding steroid dienone is 1. The Labute approximate surface area is 231 Å². The molecule has 0 spiro atoms. The molecule has 1 aliphatic rings. The zero-order valence-corrected chi connectivity index (χ0v) is 22.8. The molecule has 2 N–H and O–H groups in total. The van der Waals surface area contributed by atoms with E-state index in [1.54, 1.807) is 12.1 Å². The van der Waals surface area contributed by atoms with Gasteiger partial charge in [-0.05, 0) is 62.4 Å². The van der Waals surface area contributed by atoms with Crippen LogP contribution in [0.15, 0.2) is 64.4 Å². The third-order valence-electron chi connectivity index (χ3n) is 7.02. The van der Waals surface area contributed by atoms with Gasteiger partial charge in [0.15, 0.2) is 11.5 Å². The van der Waals surface area contributed by atoms with Crippen LogP contribution in [0.2, 0.25) is 0 Å². The maximum atomic E-state index is 6.52. The minimum atomic E-state index is 0.117. The van der Waals surface area contributed by atoms with Crippen molar-refractivity contribution >= 4 is 46.2 Å². The molecule has 0 unspecified atom stereocenters. The summed E-state index contributed by atoms with van der Waals surface area (Å²) in [6, 6.07) is 11.7. The van der Waals surface area contributed by atoms with Gasteiger partial charge in [0, 0.05) is 37.7 Å². The molecule has 2 aromatic carbocycles. The highest BCUT2D eigenvalue weighted by molar-refractivity contribution is 5.99. The zero-order valence-electron chi connectivity index (χ0n) is 22.8. The Bertz CT molecular complexity index is 1720. The van der Waals surface area contributed by atoms with E-state index in [4.69, 9.17) is 23.9 Å². The summed E-state index contributed by atoms with van der Waals surface area (Å²) in [5, 5.41) is 9.86. The van der Waals surface area contributed by atoms with Gasteiger partial charge in [0.2, 0.25) is 11.8 Å². The Kier molecular flexibility index (Phi) is 6.81. The van der Waals surface area contributed by atoms with Crippen LogP contribution in [0, 0.1) is 6.92 Å². The smallest absolute Gasteiger partial charge is 0.232 e. The molecule has 40 heavy (non-hydrogen) atoms. The highest BCUT2D eigenvalue weighted by Gasteiger charge is 2.23. The van der Waals surface area contributed by atoms with Crippen molar-refractivity contribution in [3.8, 4) is 22.8 Å². The molecule has 0 radical (unpaired) electrons. The Morgan fingerprint density at radius 1 is 1.15 bits per heavy atom. The highest BCUT2D eigenvalue weighted by atomic mass is 16.5. The highest BCUT2D eigenvalue weighted by Crippen LogP contribution is 2.38. The van der Waals surface area contributed by atoms with Crippen molar-refractivity contribution < 1.29 is 13.9 Å². The lowest BCUT2D eigenvalue weighted by Crippen LogP contribution is -2.13. The fraction of sp³-hybridized carbons (Fsp3) is 0.267. The predicted octanol–water partition coefficient (Wildman–Crippen LogP) is 7.10. The Morgan fingerprint density at radius 3 is 2.77 bits per heavy atom. The quantitative estimate of drug-likeness (QED) is 0.151. The van der Waals surface area contributed by atoms with E-state index in [1.807, 2.05) is 68.7 Å². The Morgan fingerprint density at radius 2 is 2.00 bits per heavy atom. The van der Waals surface area contributed by atoms with E-state index >= 15 is 0 Å². The molecular formula is C30H31N7O3. The van der Waals surface area contributed by atoms with Gasteiger partial charge < -0.3 is 24.2 Å². The minimum absolute atomic E-state index is 0.117. The molecule has 0 saturated heterocycles. The number of oxazole rings is 1. The summed E-state index contributed by atoms with van der Waals surface area (Å²) in [4.78, 5) is 17.4. The molecule has 0 bridgehead atoms. The Balaban J connectivity index is 1.40. The van der Waals surface area contributed by atoms with Crippen LogP contribution in [-0.2, 0) is 0 Å². The third kappa shape index (κ3) is 4.84. The van der Waals surface area contributed by atoms with Gasteiger partial charge in [0.25, 0.3) is 0 Å². The van der Waals surface area contributed by atoms with Crippen LogP contribution in [0.1, 0.15) is 38.5 Å².